The molecule has 3 heterocycles. The van der Waals surface area contributed by atoms with E-state index in [2.05, 4.69) is 13.5 Å². The van der Waals surface area contributed by atoms with E-state index in [1.54, 1.807) is 27.6 Å². The van der Waals surface area contributed by atoms with E-state index in [1.807, 2.05) is 20.8 Å². The maximum Gasteiger partial charge on any atom is 0.308 e. The number of hydrogen-bond acceptors (Lipinski definition) is 5. The number of likely N-dealkylation sites (tertiary alicyclic amines) is 1. The van der Waals surface area contributed by atoms with Gasteiger partial charge in [-0.25, -0.2) is 0 Å². The third kappa shape index (κ3) is 3.80. The molecule has 0 aromatic rings. The Morgan fingerprint density at radius 2 is 2.00 bits per heavy atom. The van der Waals surface area contributed by atoms with E-state index < -0.39 is 34.1 Å². The van der Waals surface area contributed by atoms with E-state index in [4.69, 9.17) is 5.11 Å². The molecule has 0 saturated carbocycles. The highest BCUT2D eigenvalue weighted by atomic mass is 32.2. The largest absolute Gasteiger partial charge is 0.481 e. The second-order valence-corrected chi connectivity index (χ2v) is 11.7. The minimum absolute atomic E-state index is 0.0778. The summed E-state index contributed by atoms with van der Waals surface area (Å²) >= 11 is 1.57. The first kappa shape index (κ1) is 24.1. The third-order valence-corrected chi connectivity index (χ3v) is 9.29. The van der Waals surface area contributed by atoms with Crippen LogP contribution in [-0.2, 0) is 14.4 Å². The molecule has 2 bridgehead atoms. The Balaban J connectivity index is 2.04. The van der Waals surface area contributed by atoms with Crippen LogP contribution in [0.3, 0.4) is 0 Å². The summed E-state index contributed by atoms with van der Waals surface area (Å²) < 4.78 is -0.705. The maximum atomic E-state index is 14.1. The van der Waals surface area contributed by atoms with E-state index in [9.17, 15) is 19.5 Å². The lowest BCUT2D eigenvalue weighted by molar-refractivity contribution is -0.149. The number of thioether (sulfide) groups is 1. The Morgan fingerprint density at radius 3 is 2.55 bits per heavy atom. The molecule has 8 heteroatoms. The van der Waals surface area contributed by atoms with Gasteiger partial charge < -0.3 is 20.0 Å². The number of carbonyl (C=O) groups excluding carboxylic acids is 2. The van der Waals surface area contributed by atoms with Gasteiger partial charge in [-0.1, -0.05) is 13.0 Å². The van der Waals surface area contributed by atoms with Gasteiger partial charge in [0.15, 0.2) is 0 Å². The normalized spacial score (nSPS) is 34.2. The number of aliphatic carboxylic acids is 1. The zero-order chi connectivity index (χ0) is 23.1. The molecule has 3 aliphatic heterocycles. The van der Waals surface area contributed by atoms with Crippen LogP contribution in [0.15, 0.2) is 12.7 Å². The molecule has 7 nitrogen and oxygen atoms in total. The lowest BCUT2D eigenvalue weighted by atomic mass is 9.66. The number of hydrogen-bond donors (Lipinski definition) is 2. The van der Waals surface area contributed by atoms with Crippen molar-refractivity contribution in [2.24, 2.45) is 17.8 Å². The molecule has 0 aliphatic carbocycles. The lowest BCUT2D eigenvalue weighted by Crippen LogP contribution is -2.60. The van der Waals surface area contributed by atoms with E-state index >= 15 is 0 Å². The van der Waals surface area contributed by atoms with Crippen molar-refractivity contribution in [2.75, 3.05) is 19.7 Å². The number of nitrogens with zero attached hydrogens (tertiary/aromatic N) is 2. The number of aliphatic hydroxyl groups is 1. The highest BCUT2D eigenvalue weighted by Crippen LogP contribution is 2.68. The predicted molar refractivity (Wildman–Crippen MR) is 121 cm³/mol. The van der Waals surface area contributed by atoms with Gasteiger partial charge in [-0.05, 0) is 52.4 Å². The first-order chi connectivity index (χ1) is 14.5. The molecular formula is C23H36N2O5S. The number of rotatable bonds is 9. The number of aliphatic hydroxyl groups excluding tert-OH is 1. The monoisotopic (exact) mass is 452 g/mol. The Kier molecular flexibility index (Phi) is 6.82. The van der Waals surface area contributed by atoms with Gasteiger partial charge in [0, 0.05) is 30.5 Å². The van der Waals surface area contributed by atoms with Crippen molar-refractivity contribution in [2.45, 2.75) is 75.0 Å². The Labute approximate surface area is 189 Å². The van der Waals surface area contributed by atoms with Gasteiger partial charge in [-0.2, -0.15) is 0 Å². The topological polar surface area (TPSA) is 98.2 Å². The second kappa shape index (κ2) is 8.77. The van der Waals surface area contributed by atoms with Crippen LogP contribution in [0.2, 0.25) is 0 Å². The zero-order valence-corrected chi connectivity index (χ0v) is 19.9. The summed E-state index contributed by atoms with van der Waals surface area (Å²) in [7, 11) is 0. The quantitative estimate of drug-likeness (QED) is 0.412. The van der Waals surface area contributed by atoms with Crippen molar-refractivity contribution < 1.29 is 24.6 Å². The number of carboxylic acid groups (broad SMARTS) is 1. The van der Waals surface area contributed by atoms with Crippen molar-refractivity contribution in [3.8, 4) is 0 Å². The Bertz CT molecular complexity index is 751. The molecule has 1 spiro atoms. The van der Waals surface area contributed by atoms with E-state index in [-0.39, 0.29) is 29.6 Å². The average Bonchev–Trinajstić information content (AvgIpc) is 3.26. The molecule has 174 valence electrons. The Morgan fingerprint density at radius 1 is 1.32 bits per heavy atom. The molecule has 6 atom stereocenters. The van der Waals surface area contributed by atoms with Crippen molar-refractivity contribution in [1.82, 2.24) is 9.80 Å². The summed E-state index contributed by atoms with van der Waals surface area (Å²) in [6.45, 7) is 12.6. The van der Waals surface area contributed by atoms with Crippen LogP contribution >= 0.6 is 11.8 Å². The number of unbranched alkanes of at least 4 members (excludes halogenated alkanes) is 2. The Hall–Kier alpha value is -1.54. The summed E-state index contributed by atoms with van der Waals surface area (Å²) in [4.78, 5) is 43.3. The molecule has 3 rings (SSSR count). The smallest absolute Gasteiger partial charge is 0.308 e. The molecular weight excluding hydrogens is 416 g/mol. The fourth-order valence-electron chi connectivity index (χ4n) is 5.86. The summed E-state index contributed by atoms with van der Waals surface area (Å²) in [5.41, 5.74) is -0.456. The molecule has 0 aromatic carbocycles. The molecule has 3 saturated heterocycles. The number of amides is 2. The number of carbonyl (C=O) groups is 3. The minimum Gasteiger partial charge on any atom is -0.481 e. The maximum absolute atomic E-state index is 14.1. The summed E-state index contributed by atoms with van der Waals surface area (Å²) in [6, 6.07) is -0.673. The van der Waals surface area contributed by atoms with Crippen molar-refractivity contribution >= 4 is 29.5 Å². The van der Waals surface area contributed by atoms with E-state index in [0.29, 0.717) is 32.4 Å². The fraction of sp³-hybridized carbons (Fsp3) is 0.783. The van der Waals surface area contributed by atoms with Crippen LogP contribution < -0.4 is 0 Å². The van der Waals surface area contributed by atoms with Crippen LogP contribution in [0.25, 0.3) is 0 Å². The summed E-state index contributed by atoms with van der Waals surface area (Å²) in [5, 5.41) is 18.9. The SMILES string of the molecule is C=CCN(C(=O)C1N(CCCCCO)C(=O)[C@@H]2[C@@H](C(=O)O)[C@H]3CC(C)C12S3)C(C)(C)C. The average molecular weight is 453 g/mol. The van der Waals surface area contributed by atoms with E-state index in [0.717, 1.165) is 6.42 Å². The molecule has 0 aromatic heterocycles. The zero-order valence-electron chi connectivity index (χ0n) is 19.0. The standard InChI is InChI=1S/C23H36N2O5S/c1-6-10-25(22(3,4)5)20(28)18-23-14(2)13-15(31-23)16(21(29)30)17(23)19(27)24(18)11-8-7-9-12-26/h6,14-18,26H,1,7-13H2,2-5H3,(H,29,30)/t14?,15-,16+,17+,18?,23?/m1/s1. The molecule has 3 fully saturated rings. The van der Waals surface area contributed by atoms with Gasteiger partial charge in [0.25, 0.3) is 0 Å². The fourth-order valence-corrected chi connectivity index (χ4v) is 8.27. The highest BCUT2D eigenvalue weighted by Gasteiger charge is 2.76. The molecule has 3 unspecified atom stereocenters. The first-order valence-electron chi connectivity index (χ1n) is 11.3. The third-order valence-electron chi connectivity index (χ3n) is 7.21. The molecule has 31 heavy (non-hydrogen) atoms. The molecule has 2 amide bonds. The first-order valence-corrected chi connectivity index (χ1v) is 12.1. The van der Waals surface area contributed by atoms with Gasteiger partial charge >= 0.3 is 5.97 Å². The minimum atomic E-state index is -0.934. The molecule has 0 radical (unpaired) electrons. The molecule has 3 aliphatic rings. The van der Waals surface area contributed by atoms with Gasteiger partial charge in [-0.15, -0.1) is 18.3 Å². The van der Waals surface area contributed by atoms with Crippen molar-refractivity contribution in [1.29, 1.82) is 0 Å². The highest BCUT2D eigenvalue weighted by molar-refractivity contribution is 8.02. The van der Waals surface area contributed by atoms with Crippen LogP contribution in [0.1, 0.15) is 53.4 Å². The van der Waals surface area contributed by atoms with E-state index in [1.165, 1.54) is 0 Å². The van der Waals surface area contributed by atoms with Gasteiger partial charge in [0.1, 0.15) is 6.04 Å². The summed E-state index contributed by atoms with van der Waals surface area (Å²) in [5.74, 6) is -2.57. The second-order valence-electron chi connectivity index (χ2n) is 10.1. The number of carboxylic acids is 1. The predicted octanol–water partition coefficient (Wildman–Crippen LogP) is 2.38. The summed E-state index contributed by atoms with van der Waals surface area (Å²) in [6.07, 6.45) is 4.48. The van der Waals surface area contributed by atoms with Crippen molar-refractivity contribution in [3.63, 3.8) is 0 Å². The van der Waals surface area contributed by atoms with Crippen LogP contribution in [-0.4, -0.2) is 79.1 Å². The van der Waals surface area contributed by atoms with Crippen LogP contribution in [0.5, 0.6) is 0 Å². The lowest BCUT2D eigenvalue weighted by Gasteiger charge is -2.44. The van der Waals surface area contributed by atoms with Crippen LogP contribution in [0, 0.1) is 17.8 Å². The molecule has 2 N–H and O–H groups in total. The number of fused-ring (bicyclic) bond motifs is 1. The van der Waals surface area contributed by atoms with Gasteiger partial charge in [-0.3, -0.25) is 14.4 Å². The van der Waals surface area contributed by atoms with Crippen LogP contribution in [0.4, 0.5) is 0 Å². The van der Waals surface area contributed by atoms with Gasteiger partial charge in [0.05, 0.1) is 16.6 Å². The van der Waals surface area contributed by atoms with Gasteiger partial charge in [0.2, 0.25) is 11.8 Å². The van der Waals surface area contributed by atoms with Crippen molar-refractivity contribution in [3.05, 3.63) is 12.7 Å².